The van der Waals surface area contributed by atoms with Crippen LogP contribution in [0.3, 0.4) is 0 Å². The van der Waals surface area contributed by atoms with E-state index in [1.54, 1.807) is 12.2 Å². The minimum Gasteiger partial charge on any atom is -0.305 e. The zero-order valence-electron chi connectivity index (χ0n) is 15.6. The van der Waals surface area contributed by atoms with Crippen molar-refractivity contribution in [1.29, 1.82) is 0 Å². The first-order chi connectivity index (χ1) is 14.7. The van der Waals surface area contributed by atoms with E-state index in [1.165, 1.54) is 35.2 Å². The van der Waals surface area contributed by atoms with Gasteiger partial charge in [0.1, 0.15) is 9.40 Å². The van der Waals surface area contributed by atoms with Crippen LogP contribution in [-0.2, 0) is 9.59 Å². The number of rotatable bonds is 6. The van der Waals surface area contributed by atoms with Gasteiger partial charge in [0.15, 0.2) is 11.6 Å². The number of hydrogen-bond acceptors (Lipinski definition) is 6. The highest BCUT2D eigenvalue weighted by molar-refractivity contribution is 7.23. The van der Waals surface area contributed by atoms with E-state index in [0.717, 1.165) is 20.5 Å². The van der Waals surface area contributed by atoms with Gasteiger partial charge in [-0.25, -0.2) is 0 Å². The fourth-order valence-corrected chi connectivity index (χ4v) is 4.30. The molecule has 0 radical (unpaired) electrons. The van der Waals surface area contributed by atoms with Crippen LogP contribution >= 0.6 is 23.1 Å². The summed E-state index contributed by atoms with van der Waals surface area (Å²) in [6.07, 6.45) is 6.38. The molecule has 0 spiro atoms. The molecule has 0 fully saturated rings. The molecule has 2 amide bonds. The van der Waals surface area contributed by atoms with Crippen LogP contribution in [0.15, 0.2) is 72.8 Å². The van der Waals surface area contributed by atoms with Crippen LogP contribution in [-0.4, -0.2) is 20.6 Å². The fourth-order valence-electron chi connectivity index (χ4n) is 2.60. The summed E-state index contributed by atoms with van der Waals surface area (Å²) < 4.78 is 10.0. The van der Waals surface area contributed by atoms with E-state index in [2.05, 4.69) is 19.4 Å². The van der Waals surface area contributed by atoms with Crippen LogP contribution in [0.2, 0.25) is 0 Å². The Bertz CT molecular complexity index is 1130. The molecule has 8 heteroatoms. The second kappa shape index (κ2) is 9.25. The van der Waals surface area contributed by atoms with Crippen molar-refractivity contribution >= 4 is 68.1 Å². The number of hydrogen-bond donors (Lipinski definition) is 2. The normalized spacial score (nSPS) is 11.3. The molecule has 30 heavy (non-hydrogen) atoms. The minimum atomic E-state index is -0.282. The number of benzene rings is 2. The highest BCUT2D eigenvalue weighted by Gasteiger charge is 2.16. The number of fused-ring (bicyclic) bond motifs is 1. The van der Waals surface area contributed by atoms with Crippen molar-refractivity contribution in [2.45, 2.75) is 0 Å². The lowest BCUT2D eigenvalue weighted by Gasteiger charge is -1.96. The lowest BCUT2D eigenvalue weighted by molar-refractivity contribution is -0.112. The monoisotopic (exact) mass is 432 g/mol. The molecule has 0 saturated carbocycles. The van der Waals surface area contributed by atoms with E-state index < -0.39 is 0 Å². The van der Waals surface area contributed by atoms with Crippen molar-refractivity contribution in [3.8, 4) is 0 Å². The van der Waals surface area contributed by atoms with Crippen molar-refractivity contribution in [2.75, 3.05) is 10.6 Å². The van der Waals surface area contributed by atoms with Crippen LogP contribution in [0.4, 0.5) is 11.6 Å². The Morgan fingerprint density at radius 2 is 1.07 bits per heavy atom. The number of amides is 2. The van der Waals surface area contributed by atoms with Gasteiger partial charge in [-0.2, -0.15) is 8.75 Å². The molecule has 0 aliphatic rings. The SMILES string of the molecule is O=C(/C=C/c1ccccc1)Nc1nsc2c(NC(=O)/C=C/c3ccccc3)nsc12. The first-order valence-corrected chi connectivity index (χ1v) is 10.6. The summed E-state index contributed by atoms with van der Waals surface area (Å²) in [6, 6.07) is 19.1. The van der Waals surface area contributed by atoms with Gasteiger partial charge in [-0.1, -0.05) is 60.7 Å². The van der Waals surface area contributed by atoms with E-state index in [-0.39, 0.29) is 11.8 Å². The van der Waals surface area contributed by atoms with Crippen molar-refractivity contribution in [3.63, 3.8) is 0 Å². The van der Waals surface area contributed by atoms with E-state index in [9.17, 15) is 9.59 Å². The summed E-state index contributed by atoms with van der Waals surface area (Å²) in [7, 11) is 0. The Morgan fingerprint density at radius 1 is 0.667 bits per heavy atom. The van der Waals surface area contributed by atoms with Gasteiger partial charge in [0.2, 0.25) is 11.8 Å². The molecule has 4 rings (SSSR count). The van der Waals surface area contributed by atoms with Gasteiger partial charge in [0.25, 0.3) is 0 Å². The lowest BCUT2D eigenvalue weighted by atomic mass is 10.2. The van der Waals surface area contributed by atoms with Gasteiger partial charge in [-0.3, -0.25) is 9.59 Å². The number of nitrogens with one attached hydrogen (secondary N) is 2. The third-order valence-corrected chi connectivity index (χ3v) is 5.87. The summed E-state index contributed by atoms with van der Waals surface area (Å²) in [5.41, 5.74) is 1.87. The number of aromatic nitrogens is 2. The van der Waals surface area contributed by atoms with Crippen LogP contribution in [0.25, 0.3) is 21.6 Å². The van der Waals surface area contributed by atoms with E-state index in [0.29, 0.717) is 11.6 Å². The largest absolute Gasteiger partial charge is 0.305 e. The maximum absolute atomic E-state index is 12.2. The highest BCUT2D eigenvalue weighted by Crippen LogP contribution is 2.36. The molecular formula is C22H16N4O2S2. The van der Waals surface area contributed by atoms with Crippen molar-refractivity contribution in [2.24, 2.45) is 0 Å². The summed E-state index contributed by atoms with van der Waals surface area (Å²) in [4.78, 5) is 24.4. The molecule has 4 aromatic rings. The van der Waals surface area contributed by atoms with Gasteiger partial charge >= 0.3 is 0 Å². The topological polar surface area (TPSA) is 84.0 Å². The molecule has 0 unspecified atom stereocenters. The Balaban J connectivity index is 1.42. The predicted molar refractivity (Wildman–Crippen MR) is 124 cm³/mol. The van der Waals surface area contributed by atoms with Crippen molar-refractivity contribution in [1.82, 2.24) is 8.75 Å². The van der Waals surface area contributed by atoms with Crippen LogP contribution in [0.5, 0.6) is 0 Å². The number of nitrogens with zero attached hydrogens (tertiary/aromatic N) is 2. The molecule has 0 atom stereocenters. The van der Waals surface area contributed by atoms with E-state index in [1.807, 2.05) is 60.7 Å². The van der Waals surface area contributed by atoms with Crippen molar-refractivity contribution < 1.29 is 9.59 Å². The number of carbonyl (C=O) groups is 2. The smallest absolute Gasteiger partial charge is 0.249 e. The first-order valence-electron chi connectivity index (χ1n) is 9.02. The zero-order valence-corrected chi connectivity index (χ0v) is 17.2. The van der Waals surface area contributed by atoms with Gasteiger partial charge < -0.3 is 10.6 Å². The Kier molecular flexibility index (Phi) is 6.07. The average Bonchev–Trinajstić information content (AvgIpc) is 3.36. The molecule has 0 saturated heterocycles. The van der Waals surface area contributed by atoms with Crippen LogP contribution in [0.1, 0.15) is 11.1 Å². The Morgan fingerprint density at radius 3 is 1.47 bits per heavy atom. The predicted octanol–water partition coefficient (Wildman–Crippen LogP) is 5.06. The first kappa shape index (κ1) is 19.7. The molecule has 2 aromatic carbocycles. The maximum Gasteiger partial charge on any atom is 0.249 e. The van der Waals surface area contributed by atoms with E-state index >= 15 is 0 Å². The second-order valence-corrected chi connectivity index (χ2v) is 7.73. The molecule has 2 N–H and O–H groups in total. The Hall–Kier alpha value is -3.62. The summed E-state index contributed by atoms with van der Waals surface area (Å²) in [5.74, 6) is 0.317. The summed E-state index contributed by atoms with van der Waals surface area (Å²) >= 11 is 2.36. The molecule has 6 nitrogen and oxygen atoms in total. The third kappa shape index (κ3) is 4.86. The van der Waals surface area contributed by atoms with Gasteiger partial charge in [-0.15, -0.1) is 0 Å². The summed E-state index contributed by atoms with van der Waals surface area (Å²) in [5, 5.41) is 5.53. The molecule has 0 aliphatic heterocycles. The maximum atomic E-state index is 12.2. The van der Waals surface area contributed by atoms with Gasteiger partial charge in [0.05, 0.1) is 0 Å². The highest BCUT2D eigenvalue weighted by atomic mass is 32.1. The third-order valence-electron chi connectivity index (χ3n) is 4.03. The zero-order chi connectivity index (χ0) is 20.8. The fraction of sp³-hybridized carbons (Fsp3) is 0. The minimum absolute atomic E-state index is 0.282. The number of carbonyl (C=O) groups excluding carboxylic acids is 2. The Labute approximate surface area is 180 Å². The molecule has 2 heterocycles. The van der Waals surface area contributed by atoms with Crippen LogP contribution in [0, 0.1) is 0 Å². The van der Waals surface area contributed by atoms with E-state index in [4.69, 9.17) is 0 Å². The molecule has 0 aliphatic carbocycles. The molecular weight excluding hydrogens is 416 g/mol. The lowest BCUT2D eigenvalue weighted by Crippen LogP contribution is -2.08. The molecule has 148 valence electrons. The quantitative estimate of drug-likeness (QED) is 0.417. The second-order valence-electron chi connectivity index (χ2n) is 6.19. The van der Waals surface area contributed by atoms with Crippen LogP contribution < -0.4 is 10.6 Å². The summed E-state index contributed by atoms with van der Waals surface area (Å²) in [6.45, 7) is 0. The molecule has 0 bridgehead atoms. The average molecular weight is 433 g/mol. The molecule has 2 aromatic heterocycles. The van der Waals surface area contributed by atoms with Gasteiger partial charge in [-0.05, 0) is 46.3 Å². The standard InChI is InChI=1S/C22H16N4O2S2/c27-17(13-11-15-7-3-1-4-8-15)23-21-19-20(30-25-21)22(26-29-19)24-18(28)14-12-16-9-5-2-6-10-16/h1-14H,(H,23,25,27)(H,24,26,28)/b13-11+,14-12+. The van der Waals surface area contributed by atoms with Crippen molar-refractivity contribution in [3.05, 3.63) is 83.9 Å². The number of anilines is 2. The van der Waals surface area contributed by atoms with Gasteiger partial charge in [0, 0.05) is 12.2 Å².